The van der Waals surface area contributed by atoms with Crippen molar-refractivity contribution >= 4 is 29.6 Å². The number of hydrogen-bond donors (Lipinski definition) is 11. The Balaban J connectivity index is 0.00000150. The van der Waals surface area contributed by atoms with Gasteiger partial charge in [-0.25, -0.2) is 21.8 Å². The average molecular weight is 585 g/mol. The predicted molar refractivity (Wildman–Crippen MR) is 114 cm³/mol. The van der Waals surface area contributed by atoms with Crippen LogP contribution < -0.4 is 21.8 Å². The van der Waals surface area contributed by atoms with Crippen LogP contribution in [0, 0.1) is 0 Å². The second kappa shape index (κ2) is 13.9. The van der Waals surface area contributed by atoms with Gasteiger partial charge in [0.15, 0.2) is 0 Å². The number of hydrogen-bond acceptors (Lipinski definition) is 14. The fourth-order valence-electron chi connectivity index (χ4n) is 2.69. The van der Waals surface area contributed by atoms with Gasteiger partial charge in [-0.15, -0.1) is 0 Å². The Hall–Kier alpha value is -2.66. The summed E-state index contributed by atoms with van der Waals surface area (Å²) in [5, 5.41) is 72.7. The van der Waals surface area contributed by atoms with Crippen molar-refractivity contribution in [2.45, 2.75) is 37.4 Å². The number of nitrogens with two attached hydrogens (primary N) is 1. The topological polar surface area (TPSA) is 289 Å². The molecule has 1 heterocycles. The minimum atomic E-state index is -5.22. The molecular formula is C18H26ClF3N3O13+. The van der Waals surface area contributed by atoms with Crippen molar-refractivity contribution in [3.05, 3.63) is 33.4 Å². The molecule has 1 aromatic rings. The number of carboxylic acids is 1. The molecule has 0 fully saturated rings. The molecule has 2 rings (SSSR count). The third kappa shape index (κ3) is 9.58. The lowest BCUT2D eigenvalue weighted by Gasteiger charge is -2.32. The molecule has 1 aliphatic heterocycles. The van der Waals surface area contributed by atoms with E-state index in [1.54, 1.807) is 7.05 Å². The van der Waals surface area contributed by atoms with Crippen molar-refractivity contribution in [3.8, 4) is 5.75 Å². The highest BCUT2D eigenvalue weighted by atomic mass is 35.5. The number of quaternary nitrogens is 1. The maximum absolute atomic E-state index is 13.5. The first kappa shape index (κ1) is 35.3. The first-order valence-corrected chi connectivity index (χ1v) is 10.0. The molecule has 0 aromatic heterocycles. The standard InChI is InChI=1S/C15H15ClF3NO10.C3H7NO2.H4NO/c1-4(30-20)28-12(21)6-2-5-8(29-11(6)13(17,18)19)3-7(14(22,23)24)10(16)9(5)15(25,26)27;1-4-2-3(5)6;1-2/h2-4,11,22-27H,20H2,1H3;4H,2H2,1H3,(H,5,6);2H,1H3/q;;+1. The SMILES string of the molecule is CC(ON)OC(=O)C1=Cc2c(cc(C(O)(O)O)c(Cl)c2C(O)(O)O)OC1C(F)(F)F.CNCC(=O)O.[NH3+]O. The zero-order valence-electron chi connectivity index (χ0n) is 19.4. The summed E-state index contributed by atoms with van der Waals surface area (Å²) in [6.45, 7) is 1.12. The van der Waals surface area contributed by atoms with Crippen LogP contribution in [0.5, 0.6) is 5.75 Å². The Morgan fingerprint density at radius 3 is 2.05 bits per heavy atom. The molecule has 2 atom stereocenters. The second-order valence-electron chi connectivity index (χ2n) is 6.97. The van der Waals surface area contributed by atoms with Gasteiger partial charge in [0.25, 0.3) is 0 Å². The highest BCUT2D eigenvalue weighted by Gasteiger charge is 2.50. The van der Waals surface area contributed by atoms with E-state index in [0.29, 0.717) is 12.1 Å². The fraction of sp³-hybridized carbons (Fsp3) is 0.444. The van der Waals surface area contributed by atoms with Gasteiger partial charge in [0, 0.05) is 5.56 Å². The van der Waals surface area contributed by atoms with E-state index >= 15 is 0 Å². The maximum Gasteiger partial charge on any atom is 0.430 e. The summed E-state index contributed by atoms with van der Waals surface area (Å²) in [6.07, 6.45) is -9.27. The minimum absolute atomic E-state index is 0.0417. The molecule has 0 aliphatic carbocycles. The van der Waals surface area contributed by atoms with Crippen LogP contribution in [0.15, 0.2) is 11.6 Å². The van der Waals surface area contributed by atoms with Gasteiger partial charge in [-0.3, -0.25) is 9.63 Å². The summed E-state index contributed by atoms with van der Waals surface area (Å²) in [6, 6.07) is 0.426. The number of carbonyl (C=O) groups excluding carboxylic acids is 1. The molecule has 1 aromatic carbocycles. The zero-order valence-corrected chi connectivity index (χ0v) is 20.2. The van der Waals surface area contributed by atoms with Crippen LogP contribution in [-0.2, 0) is 31.1 Å². The van der Waals surface area contributed by atoms with Gasteiger partial charge in [-0.1, -0.05) is 11.6 Å². The van der Waals surface area contributed by atoms with Gasteiger partial charge in [-0.2, -0.15) is 13.2 Å². The largest absolute Gasteiger partial charge is 0.480 e. The van der Waals surface area contributed by atoms with E-state index in [4.69, 9.17) is 27.8 Å². The smallest absolute Gasteiger partial charge is 0.430 e. The highest BCUT2D eigenvalue weighted by Crippen LogP contribution is 2.46. The summed E-state index contributed by atoms with van der Waals surface area (Å²) in [4.78, 5) is 25.8. The molecule has 38 heavy (non-hydrogen) atoms. The van der Waals surface area contributed by atoms with Crippen molar-refractivity contribution in [1.82, 2.24) is 5.32 Å². The number of benzene rings is 1. The van der Waals surface area contributed by atoms with Crippen molar-refractivity contribution < 1.29 is 83.9 Å². The lowest BCUT2D eigenvalue weighted by Crippen LogP contribution is -2.42. The predicted octanol–water partition coefficient (Wildman–Crippen LogP) is -3.09. The van der Waals surface area contributed by atoms with Gasteiger partial charge < -0.3 is 50.5 Å². The number of alkyl halides is 3. The number of fused-ring (bicyclic) bond motifs is 1. The lowest BCUT2D eigenvalue weighted by atomic mass is 9.93. The van der Waals surface area contributed by atoms with Crippen LogP contribution >= 0.6 is 11.6 Å². The summed E-state index contributed by atoms with van der Waals surface area (Å²) in [7, 11) is 1.59. The van der Waals surface area contributed by atoms with Crippen molar-refractivity contribution in [3.63, 3.8) is 0 Å². The molecule has 0 bridgehead atoms. The number of aliphatic hydroxyl groups is 6. The minimum Gasteiger partial charge on any atom is -0.480 e. The van der Waals surface area contributed by atoms with E-state index in [2.05, 4.69) is 25.5 Å². The number of esters is 1. The summed E-state index contributed by atoms with van der Waals surface area (Å²) in [5.74, 6) is -4.04. The summed E-state index contributed by atoms with van der Waals surface area (Å²) >= 11 is 5.76. The number of ether oxygens (including phenoxy) is 2. The molecule has 0 saturated heterocycles. The van der Waals surface area contributed by atoms with Crippen LogP contribution in [0.1, 0.15) is 23.6 Å². The van der Waals surface area contributed by atoms with E-state index in [0.717, 1.165) is 6.92 Å². The molecule has 0 spiro atoms. The normalized spacial score (nSPS) is 15.9. The van der Waals surface area contributed by atoms with Crippen molar-refractivity contribution in [2.75, 3.05) is 13.6 Å². The van der Waals surface area contributed by atoms with Gasteiger partial charge in [0.05, 0.1) is 28.3 Å². The number of nitrogens with one attached hydrogen (secondary N) is 1. The zero-order chi connectivity index (χ0) is 30.2. The molecule has 20 heteroatoms. The van der Waals surface area contributed by atoms with Gasteiger partial charge in [-0.05, 0) is 26.1 Å². The van der Waals surface area contributed by atoms with Crippen LogP contribution in [0.2, 0.25) is 5.02 Å². The first-order chi connectivity index (χ1) is 17.2. The summed E-state index contributed by atoms with van der Waals surface area (Å²) in [5.41, 5.74) is -4.39. The third-order valence-corrected chi connectivity index (χ3v) is 4.51. The molecule has 218 valence electrons. The van der Waals surface area contributed by atoms with Crippen LogP contribution in [0.25, 0.3) is 6.08 Å². The fourth-order valence-corrected chi connectivity index (χ4v) is 3.10. The molecule has 0 amide bonds. The first-order valence-electron chi connectivity index (χ1n) is 9.66. The molecule has 14 N–H and O–H groups in total. The number of carbonyl (C=O) groups is 2. The number of carboxylic acid groups (broad SMARTS) is 1. The molecule has 2 unspecified atom stereocenters. The molecule has 0 radical (unpaired) electrons. The monoisotopic (exact) mass is 584 g/mol. The Morgan fingerprint density at radius 2 is 1.71 bits per heavy atom. The highest BCUT2D eigenvalue weighted by molar-refractivity contribution is 6.32. The summed E-state index contributed by atoms with van der Waals surface area (Å²) < 4.78 is 49.6. The number of likely N-dealkylation sites (N-methyl/N-ethyl adjacent to an activating group) is 1. The van der Waals surface area contributed by atoms with E-state index in [-0.39, 0.29) is 6.54 Å². The lowest BCUT2D eigenvalue weighted by molar-refractivity contribution is -0.670. The molecule has 1 aliphatic rings. The van der Waals surface area contributed by atoms with Gasteiger partial charge in [0.2, 0.25) is 12.4 Å². The molecular weight excluding hydrogens is 559 g/mol. The Morgan fingerprint density at radius 1 is 1.18 bits per heavy atom. The molecule has 0 saturated carbocycles. The van der Waals surface area contributed by atoms with Gasteiger partial charge >= 0.3 is 30.1 Å². The van der Waals surface area contributed by atoms with Crippen LogP contribution in [0.3, 0.4) is 0 Å². The Kier molecular flexibility index (Phi) is 13.0. The van der Waals surface area contributed by atoms with E-state index in [9.17, 15) is 53.4 Å². The number of rotatable bonds is 7. The number of aliphatic carboxylic acids is 1. The average Bonchev–Trinajstić information content (AvgIpc) is 2.77. The van der Waals surface area contributed by atoms with Gasteiger partial charge in [0.1, 0.15) is 5.75 Å². The van der Waals surface area contributed by atoms with E-state index in [1.165, 1.54) is 0 Å². The van der Waals surface area contributed by atoms with E-state index in [1.807, 2.05) is 0 Å². The van der Waals surface area contributed by atoms with Crippen LogP contribution in [0.4, 0.5) is 13.2 Å². The molecule has 16 nitrogen and oxygen atoms in total. The Labute approximate surface area is 215 Å². The quantitative estimate of drug-likeness (QED) is 0.0859. The van der Waals surface area contributed by atoms with Crippen molar-refractivity contribution in [2.24, 2.45) is 5.90 Å². The van der Waals surface area contributed by atoms with Crippen LogP contribution in [-0.4, -0.2) is 85.1 Å². The third-order valence-electron chi connectivity index (χ3n) is 4.12. The maximum atomic E-state index is 13.5. The van der Waals surface area contributed by atoms with E-state index < -0.39 is 75.5 Å². The second-order valence-corrected chi connectivity index (χ2v) is 7.35. The number of halogens is 4. The van der Waals surface area contributed by atoms with Crippen molar-refractivity contribution in [1.29, 1.82) is 0 Å². The Bertz CT molecular complexity index is 1010.